The van der Waals surface area contributed by atoms with E-state index in [1.165, 1.54) is 31.2 Å². The summed E-state index contributed by atoms with van der Waals surface area (Å²) in [6.07, 6.45) is -0.366. The van der Waals surface area contributed by atoms with E-state index in [1.54, 1.807) is 0 Å². The Morgan fingerprint density at radius 2 is 1.18 bits per heavy atom. The van der Waals surface area contributed by atoms with E-state index < -0.39 is 57.6 Å². The van der Waals surface area contributed by atoms with E-state index in [0.29, 0.717) is 13.0 Å². The molecule has 8 rings (SSSR count). The minimum atomic E-state index is -4.38. The van der Waals surface area contributed by atoms with Crippen LogP contribution in [0.25, 0.3) is 0 Å². The molecule has 1 saturated heterocycles. The van der Waals surface area contributed by atoms with Gasteiger partial charge in [-0.2, -0.15) is 0 Å². The fourth-order valence-electron chi connectivity index (χ4n) is 10.5. The molecule has 1 heterocycles. The van der Waals surface area contributed by atoms with E-state index in [1.807, 2.05) is 115 Å². The predicted molar refractivity (Wildman–Crippen MR) is 288 cm³/mol. The Bertz CT molecular complexity index is 2870. The van der Waals surface area contributed by atoms with Gasteiger partial charge in [-0.15, -0.1) is 0 Å². The van der Waals surface area contributed by atoms with Gasteiger partial charge < -0.3 is 13.9 Å². The number of ether oxygens (including phenoxy) is 2. The van der Waals surface area contributed by atoms with Crippen LogP contribution in [0, 0.1) is 10.1 Å². The Morgan fingerprint density at radius 3 is 1.65 bits per heavy atom. The van der Waals surface area contributed by atoms with Gasteiger partial charge in [0.15, 0.2) is 4.90 Å². The molecule has 0 amide bonds. The van der Waals surface area contributed by atoms with Gasteiger partial charge >= 0.3 is 5.97 Å². The molecule has 1 aliphatic heterocycles. The summed E-state index contributed by atoms with van der Waals surface area (Å²) in [5, 5.41) is 13.9. The molecule has 1 fully saturated rings. The lowest BCUT2D eigenvalue weighted by atomic mass is 9.74. The molecule has 1 aliphatic rings. The van der Waals surface area contributed by atoms with Crippen LogP contribution in [0.4, 0.5) is 5.69 Å². The van der Waals surface area contributed by atoms with Crippen molar-refractivity contribution in [1.82, 2.24) is 9.62 Å². The van der Waals surface area contributed by atoms with E-state index in [0.717, 1.165) is 37.1 Å². The summed E-state index contributed by atoms with van der Waals surface area (Å²) in [5.74, 6) is -0.749. The maximum Gasteiger partial charge on any atom is 0.302 e. The molecule has 0 unspecified atom stereocenters. The largest absolute Gasteiger partial charge is 0.460 e. The lowest BCUT2D eigenvalue weighted by Crippen LogP contribution is -2.68. The molecule has 72 heavy (non-hydrogen) atoms. The van der Waals surface area contributed by atoms with E-state index in [9.17, 15) is 23.3 Å². The molecular formula is C58H60BrN3O8SSi. The number of para-hydroxylation sites is 1. The summed E-state index contributed by atoms with van der Waals surface area (Å²) >= 11 is 3.61. The molecule has 7 aromatic carbocycles. The van der Waals surface area contributed by atoms with Crippen molar-refractivity contribution in [2.45, 2.75) is 73.8 Å². The Balaban J connectivity index is 1.20. The highest BCUT2D eigenvalue weighted by Crippen LogP contribution is 2.46. The maximum atomic E-state index is 14.2. The Morgan fingerprint density at radius 1 is 0.708 bits per heavy atom. The zero-order chi connectivity index (χ0) is 50.9. The number of sulfonamides is 1. The number of nitro benzene ring substituents is 1. The fraction of sp³-hybridized carbons (Fsp3) is 0.259. The van der Waals surface area contributed by atoms with Crippen LogP contribution in [0.15, 0.2) is 210 Å². The maximum absolute atomic E-state index is 14.2. The number of rotatable bonds is 21. The molecule has 4 atom stereocenters. The van der Waals surface area contributed by atoms with Crippen molar-refractivity contribution in [1.29, 1.82) is 0 Å². The number of benzene rings is 7. The molecule has 372 valence electrons. The van der Waals surface area contributed by atoms with Crippen LogP contribution in [0.1, 0.15) is 62.3 Å². The molecule has 0 aromatic heterocycles. The molecule has 0 spiro atoms. The number of nitrogens with one attached hydrogen (secondary N) is 1. The lowest BCUT2D eigenvalue weighted by molar-refractivity contribution is -0.387. The highest BCUT2D eigenvalue weighted by atomic mass is 79.9. The number of hydrogen-bond acceptors (Lipinski definition) is 9. The van der Waals surface area contributed by atoms with Crippen molar-refractivity contribution in [2.24, 2.45) is 0 Å². The van der Waals surface area contributed by atoms with Gasteiger partial charge in [-0.25, -0.2) is 13.1 Å². The molecular weight excluding hydrogens is 1010 g/mol. The van der Waals surface area contributed by atoms with Crippen molar-refractivity contribution in [3.63, 3.8) is 0 Å². The van der Waals surface area contributed by atoms with Gasteiger partial charge in [-0.3, -0.25) is 19.8 Å². The monoisotopic (exact) mass is 1070 g/mol. The highest BCUT2D eigenvalue weighted by molar-refractivity contribution is 9.10. The standard InChI is InChI=1S/C58H60BrN3O8SSi/c1-43(63)70-49(41-69-72(57(2,3)4,50-28-16-8-17-29-50)51-30-18-9-19-31-51)38-39-61-53(40-60-71(66,67)55-33-21-20-32-52(55)62(64)65)56(44-34-36-48(59)37-35-44)54(61)42-68-58(45-22-10-5-11-23-45,46-24-12-6-13-25-46)47-26-14-7-15-27-47/h5-37,49,53-54,56,60H,38-42H2,1-4H3/t49-,53-,54+,56+/m0/s1. The number of carbonyl (C=O) groups is 1. The van der Waals surface area contributed by atoms with Crippen molar-refractivity contribution in [2.75, 3.05) is 26.3 Å². The smallest absolute Gasteiger partial charge is 0.302 e. The summed E-state index contributed by atoms with van der Waals surface area (Å²) in [7, 11) is -7.45. The first-order valence-electron chi connectivity index (χ1n) is 24.1. The van der Waals surface area contributed by atoms with Crippen LogP contribution < -0.4 is 15.1 Å². The van der Waals surface area contributed by atoms with Gasteiger partial charge in [0.25, 0.3) is 14.0 Å². The second-order valence-electron chi connectivity index (χ2n) is 19.1. The Hall–Kier alpha value is -6.10. The zero-order valence-electron chi connectivity index (χ0n) is 40.8. The van der Waals surface area contributed by atoms with Gasteiger partial charge in [0.1, 0.15) is 11.7 Å². The third kappa shape index (κ3) is 11.1. The lowest BCUT2D eigenvalue weighted by Gasteiger charge is -2.56. The van der Waals surface area contributed by atoms with Crippen molar-refractivity contribution >= 4 is 56.3 Å². The SMILES string of the molecule is CC(=O)O[C@@H](CCN1[C@H](COC(c2ccccc2)(c2ccccc2)c2ccccc2)[C@H](c2ccc(Br)cc2)[C@@H]1CNS(=O)(=O)c1ccccc1[N+](=O)[O-])CO[Si](c1ccccc1)(c1ccccc1)C(C)(C)C. The first-order valence-corrected chi connectivity index (χ1v) is 28.3. The molecule has 11 nitrogen and oxygen atoms in total. The van der Waals surface area contributed by atoms with Crippen LogP contribution in [0.5, 0.6) is 0 Å². The van der Waals surface area contributed by atoms with Gasteiger partial charge in [0.2, 0.25) is 10.0 Å². The second-order valence-corrected chi connectivity index (χ2v) is 26.1. The summed E-state index contributed by atoms with van der Waals surface area (Å²) in [6, 6.07) is 63.4. The number of hydrogen-bond donors (Lipinski definition) is 1. The first kappa shape index (κ1) is 52.2. The highest BCUT2D eigenvalue weighted by Gasteiger charge is 2.53. The molecule has 0 bridgehead atoms. The zero-order valence-corrected chi connectivity index (χ0v) is 44.2. The summed E-state index contributed by atoms with van der Waals surface area (Å²) < 4.78 is 53.0. The third-order valence-corrected chi connectivity index (χ3v) is 20.7. The van der Waals surface area contributed by atoms with Crippen LogP contribution >= 0.6 is 15.9 Å². The first-order chi connectivity index (χ1) is 34.7. The van der Waals surface area contributed by atoms with Crippen LogP contribution in [0.3, 0.4) is 0 Å². The van der Waals surface area contributed by atoms with Crippen molar-refractivity contribution in [3.8, 4) is 0 Å². The molecule has 0 aliphatic carbocycles. The van der Waals surface area contributed by atoms with E-state index in [4.69, 9.17) is 13.9 Å². The number of likely N-dealkylation sites (tertiary alicyclic amines) is 1. The number of carbonyl (C=O) groups excluding carboxylic acids is 1. The third-order valence-electron chi connectivity index (χ3n) is 13.7. The molecule has 0 radical (unpaired) electrons. The van der Waals surface area contributed by atoms with Gasteiger partial charge in [-0.05, 0) is 62.3 Å². The fourth-order valence-corrected chi connectivity index (χ4v) is 16.6. The normalized spacial score (nSPS) is 16.9. The van der Waals surface area contributed by atoms with E-state index in [2.05, 4.69) is 107 Å². The van der Waals surface area contributed by atoms with E-state index in [-0.39, 0.29) is 36.8 Å². The van der Waals surface area contributed by atoms with Crippen molar-refractivity contribution < 1.29 is 32.0 Å². The molecule has 14 heteroatoms. The van der Waals surface area contributed by atoms with Crippen LogP contribution in [-0.4, -0.2) is 77.0 Å². The number of esters is 1. The van der Waals surface area contributed by atoms with Gasteiger partial charge in [0.05, 0.1) is 18.1 Å². The molecule has 0 saturated carbocycles. The molecule has 1 N–H and O–H groups in total. The summed E-state index contributed by atoms with van der Waals surface area (Å²) in [6.45, 7) is 8.53. The average molecular weight is 1070 g/mol. The second kappa shape index (κ2) is 22.8. The number of nitro groups is 1. The minimum absolute atomic E-state index is 0.0936. The van der Waals surface area contributed by atoms with Crippen molar-refractivity contribution in [3.05, 3.63) is 237 Å². The van der Waals surface area contributed by atoms with Gasteiger partial charge in [0, 0.05) is 48.6 Å². The minimum Gasteiger partial charge on any atom is -0.460 e. The Labute approximate surface area is 432 Å². The summed E-state index contributed by atoms with van der Waals surface area (Å²) in [5.41, 5.74) is 2.15. The average Bonchev–Trinajstić information content (AvgIpc) is 3.38. The van der Waals surface area contributed by atoms with Crippen LogP contribution in [0.2, 0.25) is 5.04 Å². The summed E-state index contributed by atoms with van der Waals surface area (Å²) in [4.78, 5) is 26.3. The predicted octanol–water partition coefficient (Wildman–Crippen LogP) is 10.4. The number of halogens is 1. The van der Waals surface area contributed by atoms with Gasteiger partial charge in [-0.1, -0.05) is 213 Å². The van der Waals surface area contributed by atoms with Crippen LogP contribution in [-0.2, 0) is 34.3 Å². The number of nitrogens with zero attached hydrogens (tertiary/aromatic N) is 2. The Kier molecular flexibility index (Phi) is 16.5. The van der Waals surface area contributed by atoms with E-state index >= 15 is 0 Å². The molecule has 7 aromatic rings. The quantitative estimate of drug-likeness (QED) is 0.0245. The topological polar surface area (TPSA) is 137 Å².